The number of anilines is 3. The van der Waals surface area contributed by atoms with Crippen LogP contribution in [-0.4, -0.2) is 17.0 Å². The summed E-state index contributed by atoms with van der Waals surface area (Å²) in [6.07, 6.45) is -4.69. The molecule has 1 aromatic heterocycles. The monoisotopic (exact) mass is 300 g/mol. The molecule has 0 fully saturated rings. The van der Waals surface area contributed by atoms with Crippen LogP contribution in [0.25, 0.3) is 0 Å². The number of hydrogen-bond donors (Lipinski definition) is 2. The summed E-state index contributed by atoms with van der Waals surface area (Å²) in [7, 11) is 1.43. The number of nitrogens with zero attached hydrogens (tertiary/aromatic N) is 2. The zero-order chi connectivity index (χ0) is 15.6. The van der Waals surface area contributed by atoms with E-state index in [0.29, 0.717) is 0 Å². The number of nitrogens with one attached hydrogen (secondary N) is 2. The Morgan fingerprint density at radius 1 is 1.05 bits per heavy atom. The van der Waals surface area contributed by atoms with Gasteiger partial charge in [-0.15, -0.1) is 0 Å². The molecule has 0 saturated carbocycles. The number of rotatable bonds is 3. The summed E-state index contributed by atoms with van der Waals surface area (Å²) >= 11 is 0. The van der Waals surface area contributed by atoms with Gasteiger partial charge in [-0.1, -0.05) is 6.07 Å². The van der Waals surface area contributed by atoms with Crippen LogP contribution < -0.4 is 10.6 Å². The van der Waals surface area contributed by atoms with Crippen molar-refractivity contribution in [2.45, 2.75) is 13.1 Å². The highest BCUT2D eigenvalue weighted by atomic mass is 19.4. The Hall–Kier alpha value is -2.38. The van der Waals surface area contributed by atoms with Crippen LogP contribution in [0.5, 0.6) is 0 Å². The Balaban J connectivity index is 2.42. The summed E-state index contributed by atoms with van der Waals surface area (Å²) < 4.78 is 51.8. The van der Waals surface area contributed by atoms with Gasteiger partial charge < -0.3 is 10.6 Å². The molecule has 1 heterocycles. The molecule has 0 bridgehead atoms. The van der Waals surface area contributed by atoms with Crippen molar-refractivity contribution in [3.8, 4) is 0 Å². The lowest BCUT2D eigenvalue weighted by Crippen LogP contribution is -2.13. The third kappa shape index (κ3) is 3.59. The molecule has 2 aromatic rings. The highest BCUT2D eigenvalue weighted by Gasteiger charge is 2.35. The van der Waals surface area contributed by atoms with Gasteiger partial charge in [0.15, 0.2) is 0 Å². The minimum Gasteiger partial charge on any atom is -0.373 e. The van der Waals surface area contributed by atoms with Crippen LogP contribution in [0.4, 0.5) is 34.9 Å². The first-order valence-electron chi connectivity index (χ1n) is 5.97. The van der Waals surface area contributed by atoms with Crippen molar-refractivity contribution in [1.82, 2.24) is 9.97 Å². The van der Waals surface area contributed by atoms with E-state index in [0.717, 1.165) is 5.56 Å². The summed E-state index contributed by atoms with van der Waals surface area (Å²) in [5.41, 5.74) is 0.807. The average Bonchev–Trinajstić information content (AvgIpc) is 2.41. The zero-order valence-electron chi connectivity index (χ0n) is 11.2. The van der Waals surface area contributed by atoms with Crippen molar-refractivity contribution in [3.63, 3.8) is 0 Å². The standard InChI is InChI=1S/C13H12F4N4/c1-7-3-4-8(14)9(5-7)19-11-6-10(18-2)20-12(21-11)13(15,16)17/h3-6H,1-2H3,(H2,18,19,20,21). The van der Waals surface area contributed by atoms with E-state index >= 15 is 0 Å². The molecule has 2 rings (SSSR count). The molecule has 0 aliphatic rings. The highest BCUT2D eigenvalue weighted by Crippen LogP contribution is 2.29. The molecule has 0 radical (unpaired) electrons. The van der Waals surface area contributed by atoms with Gasteiger partial charge in [0, 0.05) is 13.1 Å². The predicted octanol–water partition coefficient (Wildman–Crippen LogP) is 3.73. The van der Waals surface area contributed by atoms with Gasteiger partial charge in [-0.3, -0.25) is 0 Å². The van der Waals surface area contributed by atoms with Gasteiger partial charge in [-0.25, -0.2) is 14.4 Å². The Morgan fingerprint density at radius 2 is 1.71 bits per heavy atom. The number of benzene rings is 1. The van der Waals surface area contributed by atoms with E-state index in [1.165, 1.54) is 25.2 Å². The third-order valence-corrected chi connectivity index (χ3v) is 2.62. The molecule has 0 saturated heterocycles. The summed E-state index contributed by atoms with van der Waals surface area (Å²) in [5, 5.41) is 5.04. The van der Waals surface area contributed by atoms with Crippen molar-refractivity contribution in [1.29, 1.82) is 0 Å². The molecular formula is C13H12F4N4. The van der Waals surface area contributed by atoms with Crippen LogP contribution in [0.2, 0.25) is 0 Å². The number of hydrogen-bond acceptors (Lipinski definition) is 4. The average molecular weight is 300 g/mol. The van der Waals surface area contributed by atoms with E-state index in [4.69, 9.17) is 0 Å². The molecule has 0 spiro atoms. The van der Waals surface area contributed by atoms with Crippen LogP contribution in [-0.2, 0) is 6.18 Å². The SMILES string of the molecule is CNc1cc(Nc2cc(C)ccc2F)nc(C(F)(F)F)n1. The number of halogens is 4. The maximum Gasteiger partial charge on any atom is 0.451 e. The summed E-state index contributed by atoms with van der Waals surface area (Å²) in [6.45, 7) is 1.74. The maximum atomic E-state index is 13.6. The molecule has 1 aromatic carbocycles. The van der Waals surface area contributed by atoms with Crippen molar-refractivity contribution >= 4 is 17.3 Å². The highest BCUT2D eigenvalue weighted by molar-refractivity contribution is 5.60. The second-order valence-corrected chi connectivity index (χ2v) is 4.32. The first kappa shape index (κ1) is 15.0. The quantitative estimate of drug-likeness (QED) is 0.848. The Labute approximate surface area is 118 Å². The van der Waals surface area contributed by atoms with E-state index in [2.05, 4.69) is 20.6 Å². The first-order valence-corrected chi connectivity index (χ1v) is 5.97. The van der Waals surface area contributed by atoms with Crippen LogP contribution in [0.1, 0.15) is 11.4 Å². The van der Waals surface area contributed by atoms with Crippen LogP contribution >= 0.6 is 0 Å². The minimum atomic E-state index is -4.69. The minimum absolute atomic E-state index is 0.0205. The molecule has 4 nitrogen and oxygen atoms in total. The smallest absolute Gasteiger partial charge is 0.373 e. The van der Waals surface area contributed by atoms with Gasteiger partial charge >= 0.3 is 6.18 Å². The maximum absolute atomic E-state index is 13.6. The molecule has 21 heavy (non-hydrogen) atoms. The van der Waals surface area contributed by atoms with Gasteiger partial charge in [0.25, 0.3) is 0 Å². The molecule has 8 heteroatoms. The first-order chi connectivity index (χ1) is 9.79. The van der Waals surface area contributed by atoms with E-state index in [-0.39, 0.29) is 17.3 Å². The number of aryl methyl sites for hydroxylation is 1. The van der Waals surface area contributed by atoms with Crippen molar-refractivity contribution < 1.29 is 17.6 Å². The van der Waals surface area contributed by atoms with Crippen LogP contribution in [0.15, 0.2) is 24.3 Å². The van der Waals surface area contributed by atoms with Crippen LogP contribution in [0.3, 0.4) is 0 Å². The molecule has 0 aliphatic carbocycles. The van der Waals surface area contributed by atoms with Gasteiger partial charge in [0.05, 0.1) is 5.69 Å². The van der Waals surface area contributed by atoms with Crippen molar-refractivity contribution in [2.24, 2.45) is 0 Å². The molecular weight excluding hydrogens is 288 g/mol. The topological polar surface area (TPSA) is 49.8 Å². The van der Waals surface area contributed by atoms with Crippen molar-refractivity contribution in [3.05, 3.63) is 41.5 Å². The fourth-order valence-corrected chi connectivity index (χ4v) is 1.64. The normalized spacial score (nSPS) is 11.3. The van der Waals surface area contributed by atoms with Gasteiger partial charge in [-0.05, 0) is 24.6 Å². The lowest BCUT2D eigenvalue weighted by molar-refractivity contribution is -0.144. The van der Waals surface area contributed by atoms with Crippen molar-refractivity contribution in [2.75, 3.05) is 17.7 Å². The van der Waals surface area contributed by atoms with E-state index in [1.807, 2.05) is 0 Å². The Kier molecular flexibility index (Phi) is 3.97. The summed E-state index contributed by atoms with van der Waals surface area (Å²) in [6, 6.07) is 5.52. The van der Waals surface area contributed by atoms with E-state index < -0.39 is 17.8 Å². The second-order valence-electron chi connectivity index (χ2n) is 4.32. The lowest BCUT2D eigenvalue weighted by atomic mass is 10.2. The van der Waals surface area contributed by atoms with Crippen LogP contribution in [0, 0.1) is 12.7 Å². The molecule has 2 N–H and O–H groups in total. The fraction of sp³-hybridized carbons (Fsp3) is 0.231. The van der Waals surface area contributed by atoms with E-state index in [1.54, 1.807) is 13.0 Å². The fourth-order valence-electron chi connectivity index (χ4n) is 1.64. The van der Waals surface area contributed by atoms with Gasteiger partial charge in [0.2, 0.25) is 5.82 Å². The summed E-state index contributed by atoms with van der Waals surface area (Å²) in [5.74, 6) is -2.05. The van der Waals surface area contributed by atoms with Gasteiger partial charge in [-0.2, -0.15) is 13.2 Å². The number of alkyl halides is 3. The molecule has 112 valence electrons. The largest absolute Gasteiger partial charge is 0.451 e. The molecule has 0 aliphatic heterocycles. The lowest BCUT2D eigenvalue weighted by Gasteiger charge is -2.12. The third-order valence-electron chi connectivity index (χ3n) is 2.62. The van der Waals surface area contributed by atoms with Gasteiger partial charge in [0.1, 0.15) is 17.5 Å². The number of aromatic nitrogens is 2. The van der Waals surface area contributed by atoms with E-state index in [9.17, 15) is 17.6 Å². The second kappa shape index (κ2) is 5.55. The molecule has 0 unspecified atom stereocenters. The predicted molar refractivity (Wildman–Crippen MR) is 71.0 cm³/mol. The summed E-state index contributed by atoms with van der Waals surface area (Å²) in [4.78, 5) is 6.69. The molecule has 0 amide bonds. The zero-order valence-corrected chi connectivity index (χ0v) is 11.2. The Bertz CT molecular complexity index is 655. The molecule has 0 atom stereocenters. The Morgan fingerprint density at radius 3 is 2.33 bits per heavy atom.